The third-order valence-electron chi connectivity index (χ3n) is 5.61. The van der Waals surface area contributed by atoms with Crippen LogP contribution >= 0.6 is 90.4 Å². The van der Waals surface area contributed by atoms with Gasteiger partial charge in [-0.2, -0.15) is 0 Å². The number of phenolic OH excluding ortho intramolecular Hbond substituents is 1. The fraction of sp³-hybridized carbons (Fsp3) is 0.435. The molecule has 1 N–H and O–H groups in total. The molecule has 0 heterocycles. The summed E-state index contributed by atoms with van der Waals surface area (Å²) in [5.41, 5.74) is 2.00. The van der Waals surface area contributed by atoms with Gasteiger partial charge in [-0.05, 0) is 137 Å². The van der Waals surface area contributed by atoms with Crippen LogP contribution in [0.5, 0.6) is 17.2 Å². The van der Waals surface area contributed by atoms with Gasteiger partial charge in [-0.1, -0.05) is 41.5 Å². The second-order valence-corrected chi connectivity index (χ2v) is 18.7. The van der Waals surface area contributed by atoms with Crippen molar-refractivity contribution in [1.82, 2.24) is 0 Å². The summed E-state index contributed by atoms with van der Waals surface area (Å²) in [6.45, 7) is 13.1. The van der Waals surface area contributed by atoms with Gasteiger partial charge in [-0.25, -0.2) is 0 Å². The van der Waals surface area contributed by atoms with Crippen molar-refractivity contribution in [1.29, 1.82) is 0 Å². The summed E-state index contributed by atoms with van der Waals surface area (Å²) >= 11 is 8.67. The lowest BCUT2D eigenvalue weighted by Gasteiger charge is -2.41. The van der Waals surface area contributed by atoms with Crippen LogP contribution in [-0.2, 0) is 15.6 Å². The summed E-state index contributed by atoms with van der Waals surface area (Å²) in [7, 11) is -2.25. The zero-order valence-electron chi connectivity index (χ0n) is 18.9. The van der Waals surface area contributed by atoms with Gasteiger partial charge in [0.05, 0.1) is 20.7 Å². The molecule has 0 amide bonds. The van der Waals surface area contributed by atoms with Crippen molar-refractivity contribution < 1.29 is 19.1 Å². The molecule has 0 bridgehead atoms. The van der Waals surface area contributed by atoms with E-state index >= 15 is 0 Å². The highest BCUT2D eigenvalue weighted by atomic mass is 127. The molecule has 0 fully saturated rings. The minimum absolute atomic E-state index is 0.143. The molecule has 0 spiro atoms. The van der Waals surface area contributed by atoms with Crippen molar-refractivity contribution in [2.75, 3.05) is 0 Å². The number of carbonyl (C=O) groups excluding carboxylic acids is 1. The van der Waals surface area contributed by atoms with Crippen molar-refractivity contribution >= 4 is 105 Å². The number of benzene rings is 2. The van der Waals surface area contributed by atoms with E-state index in [1.165, 1.54) is 0 Å². The lowest BCUT2D eigenvalue weighted by atomic mass is 10.1. The maximum Gasteiger partial charge on any atom is 0.296 e. The van der Waals surface area contributed by atoms with Gasteiger partial charge >= 0.3 is 0 Å². The zero-order chi connectivity index (χ0) is 24.4. The lowest BCUT2D eigenvalue weighted by molar-refractivity contribution is -0.135. The summed E-state index contributed by atoms with van der Waals surface area (Å²) < 4.78 is 15.8. The van der Waals surface area contributed by atoms with E-state index in [0.29, 0.717) is 22.4 Å². The molecule has 0 unspecified atom stereocenters. The summed E-state index contributed by atoms with van der Waals surface area (Å²) in [6.07, 6.45) is 0.252. The number of hydrogen-bond donors (Lipinski definition) is 1. The van der Waals surface area contributed by atoms with Crippen molar-refractivity contribution in [3.8, 4) is 17.2 Å². The molecule has 9 heteroatoms. The van der Waals surface area contributed by atoms with Crippen LogP contribution in [-0.4, -0.2) is 19.4 Å². The molecule has 2 rings (SSSR count). The number of halogens is 4. The number of ether oxygens (including phenoxy) is 1. The Hall–Kier alpha value is 0.647. The third-order valence-corrected chi connectivity index (χ3v) is 14.9. The first kappa shape index (κ1) is 28.9. The minimum atomic E-state index is -2.25. The van der Waals surface area contributed by atoms with E-state index in [1.54, 1.807) is 0 Å². The summed E-state index contributed by atoms with van der Waals surface area (Å²) in [5, 5.41) is 10.00. The minimum Gasteiger partial charge on any atom is -0.518 e. The first-order valence-corrected chi connectivity index (χ1v) is 16.8. The van der Waals surface area contributed by atoms with Crippen LogP contribution < -0.4 is 4.74 Å². The second-order valence-electron chi connectivity index (χ2n) is 8.69. The van der Waals surface area contributed by atoms with Gasteiger partial charge in [0, 0.05) is 0 Å². The van der Waals surface area contributed by atoms with Crippen LogP contribution in [0, 0.1) is 14.3 Å². The maximum absolute atomic E-state index is 13.0. The topological polar surface area (TPSA) is 55.8 Å². The Morgan fingerprint density at radius 1 is 0.844 bits per heavy atom. The first-order chi connectivity index (χ1) is 14.8. The van der Waals surface area contributed by atoms with Gasteiger partial charge < -0.3 is 14.3 Å². The number of aromatic hydroxyl groups is 1. The van der Waals surface area contributed by atoms with Crippen LogP contribution in [0.2, 0.25) is 16.6 Å². The highest BCUT2D eigenvalue weighted by molar-refractivity contribution is 14.1. The Morgan fingerprint density at radius 3 is 1.69 bits per heavy atom. The first-order valence-electron chi connectivity index (χ1n) is 10.3. The average Bonchev–Trinajstić information content (AvgIpc) is 2.66. The molecule has 0 atom stereocenters. The van der Waals surface area contributed by atoms with E-state index in [0.717, 1.165) is 25.6 Å². The summed E-state index contributed by atoms with van der Waals surface area (Å²) in [4.78, 5) is 13.0. The normalized spacial score (nSPS) is 12.0. The molecule has 0 aliphatic heterocycles. The van der Waals surface area contributed by atoms with E-state index in [2.05, 4.69) is 132 Å². The van der Waals surface area contributed by atoms with E-state index < -0.39 is 8.32 Å². The van der Waals surface area contributed by atoms with Crippen molar-refractivity contribution in [3.63, 3.8) is 0 Å². The Kier molecular flexibility index (Phi) is 10.9. The lowest BCUT2D eigenvalue weighted by Crippen LogP contribution is -2.49. The monoisotopic (exact) mass is 904 g/mol. The van der Waals surface area contributed by atoms with Crippen LogP contribution in [0.3, 0.4) is 0 Å². The van der Waals surface area contributed by atoms with Gasteiger partial charge in [-0.15, -0.1) is 0 Å². The SMILES string of the molecule is CC(C)[Si](OC(=O)Cc1cc(I)c(Oc2cc(I)c(O)c(I)c2)c(I)c1)(C(C)C)C(C)C. The smallest absolute Gasteiger partial charge is 0.296 e. The molecule has 2 aromatic carbocycles. The zero-order valence-corrected chi connectivity index (χ0v) is 28.6. The van der Waals surface area contributed by atoms with E-state index in [1.807, 2.05) is 24.3 Å². The van der Waals surface area contributed by atoms with Gasteiger partial charge in [0.1, 0.15) is 11.5 Å². The van der Waals surface area contributed by atoms with Crippen LogP contribution in [0.4, 0.5) is 0 Å². The molecule has 0 aromatic heterocycles. The Balaban J connectivity index is 2.25. The predicted octanol–water partition coefficient (Wildman–Crippen LogP) is 8.86. The molecule has 0 aliphatic rings. The number of carbonyl (C=O) groups is 1. The van der Waals surface area contributed by atoms with Gasteiger partial charge in [0.2, 0.25) is 0 Å². The molecule has 176 valence electrons. The average molecular weight is 904 g/mol. The molecule has 0 radical (unpaired) electrons. The number of rotatable bonds is 8. The molecule has 0 aliphatic carbocycles. The van der Waals surface area contributed by atoms with Crippen LogP contribution in [0.15, 0.2) is 24.3 Å². The van der Waals surface area contributed by atoms with Gasteiger partial charge in [-0.3, -0.25) is 4.79 Å². The number of hydrogen-bond acceptors (Lipinski definition) is 4. The van der Waals surface area contributed by atoms with Crippen molar-refractivity contribution in [3.05, 3.63) is 44.1 Å². The summed E-state index contributed by atoms with van der Waals surface area (Å²) in [6, 6.07) is 7.59. The largest absolute Gasteiger partial charge is 0.518 e. The van der Waals surface area contributed by atoms with Crippen LogP contribution in [0.1, 0.15) is 47.1 Å². The van der Waals surface area contributed by atoms with E-state index in [9.17, 15) is 9.90 Å². The molecular formula is C23H28I4O4Si. The van der Waals surface area contributed by atoms with Crippen LogP contribution in [0.25, 0.3) is 0 Å². The quantitative estimate of drug-likeness (QED) is 0.213. The molecule has 0 saturated carbocycles. The summed E-state index contributed by atoms with van der Waals surface area (Å²) in [5.74, 6) is 1.54. The fourth-order valence-electron chi connectivity index (χ4n) is 4.28. The molecule has 2 aromatic rings. The maximum atomic E-state index is 13.0. The standard InChI is InChI=1S/C23H28I4O4Si/c1-12(2)32(13(3)4,14(5)6)31-21(28)9-15-7-19(26)23(20(27)8-15)30-16-10-17(24)22(29)18(25)11-16/h7-8,10-14,29H,9H2,1-6H3. The Morgan fingerprint density at radius 2 is 1.28 bits per heavy atom. The van der Waals surface area contributed by atoms with E-state index in [4.69, 9.17) is 9.16 Å². The highest BCUT2D eigenvalue weighted by Gasteiger charge is 2.48. The molecule has 32 heavy (non-hydrogen) atoms. The fourth-order valence-corrected chi connectivity index (χ4v) is 13.3. The Labute approximate surface area is 246 Å². The number of phenols is 1. The molecule has 4 nitrogen and oxygen atoms in total. The van der Waals surface area contributed by atoms with Gasteiger partial charge in [0.25, 0.3) is 14.3 Å². The van der Waals surface area contributed by atoms with Gasteiger partial charge in [0.15, 0.2) is 5.75 Å². The molecular weight excluding hydrogens is 876 g/mol. The Bertz CT molecular complexity index is 924. The van der Waals surface area contributed by atoms with Crippen molar-refractivity contribution in [2.45, 2.75) is 64.6 Å². The van der Waals surface area contributed by atoms with Crippen molar-refractivity contribution in [2.24, 2.45) is 0 Å². The second kappa shape index (κ2) is 12.1. The van der Waals surface area contributed by atoms with E-state index in [-0.39, 0.29) is 18.1 Å². The highest BCUT2D eigenvalue weighted by Crippen LogP contribution is 2.43. The molecule has 0 saturated heterocycles. The predicted molar refractivity (Wildman–Crippen MR) is 166 cm³/mol. The third kappa shape index (κ3) is 6.65.